The second kappa shape index (κ2) is 6.71. The molecule has 0 bridgehead atoms. The smallest absolute Gasteiger partial charge is 0.190 e. The molecule has 21 heavy (non-hydrogen) atoms. The molecular formula is C16H21F2NO2. The highest BCUT2D eigenvalue weighted by atomic mass is 19.1. The van der Waals surface area contributed by atoms with Crippen LogP contribution in [0.5, 0.6) is 5.75 Å². The molecule has 3 rings (SSSR count). The van der Waals surface area contributed by atoms with Crippen LogP contribution in [0.25, 0.3) is 0 Å². The molecular weight excluding hydrogens is 276 g/mol. The third kappa shape index (κ3) is 4.14. The van der Waals surface area contributed by atoms with Gasteiger partial charge in [0.1, 0.15) is 0 Å². The average molecular weight is 297 g/mol. The predicted octanol–water partition coefficient (Wildman–Crippen LogP) is 3.16. The van der Waals surface area contributed by atoms with Gasteiger partial charge in [0.2, 0.25) is 0 Å². The summed E-state index contributed by atoms with van der Waals surface area (Å²) >= 11 is 0. The quantitative estimate of drug-likeness (QED) is 0.838. The highest BCUT2D eigenvalue weighted by molar-refractivity contribution is 5.31. The molecule has 1 aromatic rings. The molecule has 2 fully saturated rings. The van der Waals surface area contributed by atoms with Crippen molar-refractivity contribution in [1.82, 2.24) is 5.32 Å². The number of ether oxygens (including phenoxy) is 2. The van der Waals surface area contributed by atoms with Gasteiger partial charge in [0.25, 0.3) is 0 Å². The van der Waals surface area contributed by atoms with Gasteiger partial charge in [-0.3, -0.25) is 0 Å². The lowest BCUT2D eigenvalue weighted by atomic mass is 10.2. The molecule has 1 unspecified atom stereocenters. The number of nitrogens with one attached hydrogen (secondary N) is 1. The molecule has 116 valence electrons. The molecule has 1 aliphatic carbocycles. The molecule has 2 aliphatic rings. The lowest BCUT2D eigenvalue weighted by Crippen LogP contribution is -2.16. The van der Waals surface area contributed by atoms with Gasteiger partial charge >= 0.3 is 0 Å². The number of benzene rings is 1. The molecule has 1 atom stereocenters. The first kappa shape index (κ1) is 14.7. The molecule has 0 aromatic heterocycles. The Morgan fingerprint density at radius 1 is 1.19 bits per heavy atom. The van der Waals surface area contributed by atoms with Crippen LogP contribution in [0.4, 0.5) is 8.78 Å². The Hall–Kier alpha value is -1.20. The van der Waals surface area contributed by atoms with Crippen LogP contribution >= 0.6 is 0 Å². The van der Waals surface area contributed by atoms with Crippen molar-refractivity contribution in [3.8, 4) is 5.75 Å². The van der Waals surface area contributed by atoms with Gasteiger partial charge in [-0.15, -0.1) is 0 Å². The van der Waals surface area contributed by atoms with Crippen LogP contribution in [-0.4, -0.2) is 25.4 Å². The third-order valence-corrected chi connectivity index (χ3v) is 3.94. The molecule has 1 saturated carbocycles. The Labute approximate surface area is 123 Å². The first-order chi connectivity index (χ1) is 10.2. The fourth-order valence-electron chi connectivity index (χ4n) is 2.57. The van der Waals surface area contributed by atoms with Gasteiger partial charge in [-0.25, -0.2) is 8.78 Å². The normalized spacial score (nSPS) is 21.7. The van der Waals surface area contributed by atoms with E-state index in [9.17, 15) is 8.78 Å². The molecule has 1 aliphatic heterocycles. The van der Waals surface area contributed by atoms with E-state index in [0.29, 0.717) is 24.6 Å². The van der Waals surface area contributed by atoms with E-state index in [-0.39, 0.29) is 18.5 Å². The van der Waals surface area contributed by atoms with Crippen molar-refractivity contribution in [3.05, 3.63) is 29.3 Å². The van der Waals surface area contributed by atoms with Gasteiger partial charge in [-0.05, 0) is 43.4 Å². The second-order valence-electron chi connectivity index (χ2n) is 5.82. The summed E-state index contributed by atoms with van der Waals surface area (Å²) in [6.45, 7) is 1.54. The average Bonchev–Trinajstić information content (AvgIpc) is 3.14. The molecule has 1 N–H and O–H groups in total. The fraction of sp³-hybridized carbons (Fsp3) is 0.625. The molecule has 5 heteroatoms. The lowest BCUT2D eigenvalue weighted by molar-refractivity contribution is 0.0890. The Morgan fingerprint density at radius 3 is 2.57 bits per heavy atom. The van der Waals surface area contributed by atoms with Crippen molar-refractivity contribution >= 4 is 0 Å². The molecule has 1 heterocycles. The standard InChI is InChI=1S/C16H21F2NO2/c17-14-8-11(10-19-12-3-4-12)9-15(18)16(14)21-7-5-13-2-1-6-20-13/h8-9,12-13,19H,1-7,10H2. The van der Waals surface area contributed by atoms with Crippen LogP contribution in [0, 0.1) is 11.6 Å². The Kier molecular flexibility index (Phi) is 4.70. The highest BCUT2D eigenvalue weighted by Gasteiger charge is 2.21. The van der Waals surface area contributed by atoms with E-state index in [1.807, 2.05) is 0 Å². The maximum Gasteiger partial charge on any atom is 0.190 e. The minimum atomic E-state index is -0.630. The lowest BCUT2D eigenvalue weighted by Gasteiger charge is -2.13. The van der Waals surface area contributed by atoms with Crippen LogP contribution in [0.3, 0.4) is 0 Å². The van der Waals surface area contributed by atoms with E-state index in [0.717, 1.165) is 32.3 Å². The van der Waals surface area contributed by atoms with Crippen molar-refractivity contribution < 1.29 is 18.3 Å². The first-order valence-corrected chi connectivity index (χ1v) is 7.68. The van der Waals surface area contributed by atoms with Crippen molar-refractivity contribution in [2.45, 2.75) is 50.8 Å². The number of hydrogen-bond acceptors (Lipinski definition) is 3. The maximum atomic E-state index is 13.9. The van der Waals surface area contributed by atoms with Crippen LogP contribution in [-0.2, 0) is 11.3 Å². The van der Waals surface area contributed by atoms with Crippen molar-refractivity contribution in [2.24, 2.45) is 0 Å². The molecule has 0 radical (unpaired) electrons. The number of rotatable bonds is 7. The minimum absolute atomic E-state index is 0.165. The third-order valence-electron chi connectivity index (χ3n) is 3.94. The summed E-state index contributed by atoms with van der Waals surface area (Å²) in [5, 5.41) is 3.24. The Balaban J connectivity index is 1.53. The topological polar surface area (TPSA) is 30.5 Å². The summed E-state index contributed by atoms with van der Waals surface area (Å²) in [5.74, 6) is -1.53. The summed E-state index contributed by atoms with van der Waals surface area (Å²) in [6, 6.07) is 3.21. The van der Waals surface area contributed by atoms with E-state index in [1.165, 1.54) is 12.1 Å². The van der Waals surface area contributed by atoms with Crippen LogP contribution < -0.4 is 10.1 Å². The Morgan fingerprint density at radius 2 is 1.95 bits per heavy atom. The highest BCUT2D eigenvalue weighted by Crippen LogP contribution is 2.25. The second-order valence-corrected chi connectivity index (χ2v) is 5.82. The summed E-state index contributed by atoms with van der Waals surface area (Å²) in [6.07, 6.45) is 5.18. The zero-order valence-electron chi connectivity index (χ0n) is 12.0. The SMILES string of the molecule is Fc1cc(CNC2CC2)cc(F)c1OCCC1CCCO1. The van der Waals surface area contributed by atoms with Gasteiger partial charge in [-0.1, -0.05) is 0 Å². The van der Waals surface area contributed by atoms with Crippen LogP contribution in [0.1, 0.15) is 37.7 Å². The van der Waals surface area contributed by atoms with Gasteiger partial charge in [0.05, 0.1) is 12.7 Å². The molecule has 0 spiro atoms. The summed E-state index contributed by atoms with van der Waals surface area (Å²) in [5.41, 5.74) is 0.614. The number of halogens is 2. The van der Waals surface area contributed by atoms with Gasteiger partial charge in [0, 0.05) is 25.6 Å². The zero-order valence-corrected chi connectivity index (χ0v) is 12.0. The largest absolute Gasteiger partial charge is 0.488 e. The van der Waals surface area contributed by atoms with Crippen molar-refractivity contribution in [1.29, 1.82) is 0 Å². The summed E-state index contributed by atoms with van der Waals surface area (Å²) in [4.78, 5) is 0. The van der Waals surface area contributed by atoms with Crippen LogP contribution in [0.2, 0.25) is 0 Å². The van der Waals surface area contributed by atoms with E-state index < -0.39 is 11.6 Å². The van der Waals surface area contributed by atoms with E-state index in [4.69, 9.17) is 9.47 Å². The maximum absolute atomic E-state index is 13.9. The van der Waals surface area contributed by atoms with E-state index >= 15 is 0 Å². The van der Waals surface area contributed by atoms with Crippen molar-refractivity contribution in [3.63, 3.8) is 0 Å². The molecule has 0 amide bonds. The van der Waals surface area contributed by atoms with Gasteiger partial charge in [-0.2, -0.15) is 0 Å². The van der Waals surface area contributed by atoms with Gasteiger partial charge in [0.15, 0.2) is 17.4 Å². The Bertz CT molecular complexity index is 462. The summed E-state index contributed by atoms with van der Waals surface area (Å²) < 4.78 is 38.6. The van der Waals surface area contributed by atoms with Crippen molar-refractivity contribution in [2.75, 3.05) is 13.2 Å². The van der Waals surface area contributed by atoms with Gasteiger partial charge < -0.3 is 14.8 Å². The monoisotopic (exact) mass is 297 g/mol. The molecule has 1 saturated heterocycles. The fourth-order valence-corrected chi connectivity index (χ4v) is 2.57. The van der Waals surface area contributed by atoms with Crippen LogP contribution in [0.15, 0.2) is 12.1 Å². The zero-order chi connectivity index (χ0) is 14.7. The summed E-state index contributed by atoms with van der Waals surface area (Å²) in [7, 11) is 0. The minimum Gasteiger partial charge on any atom is -0.488 e. The van der Waals surface area contributed by atoms with E-state index in [1.54, 1.807) is 0 Å². The first-order valence-electron chi connectivity index (χ1n) is 7.68. The number of hydrogen-bond donors (Lipinski definition) is 1. The molecule has 3 nitrogen and oxygen atoms in total. The predicted molar refractivity (Wildman–Crippen MR) is 75.3 cm³/mol. The van der Waals surface area contributed by atoms with E-state index in [2.05, 4.69) is 5.32 Å². The molecule has 1 aromatic carbocycles.